The smallest absolute Gasteiger partial charge is 0.239 e. The van der Waals surface area contributed by atoms with E-state index in [2.05, 4.69) is 4.74 Å². The summed E-state index contributed by atoms with van der Waals surface area (Å²) in [5.74, 6) is 0. The molecule has 1 fully saturated rings. The molecule has 6 N–H and O–H groups in total. The fourth-order valence-corrected chi connectivity index (χ4v) is 2.20. The quantitative estimate of drug-likeness (QED) is 0.339. The maximum absolute atomic E-state index is 10.9. The lowest BCUT2D eigenvalue weighted by molar-refractivity contribution is -0.0720. The highest BCUT2D eigenvalue weighted by atomic mass is 32.2. The van der Waals surface area contributed by atoms with Crippen LogP contribution in [0.4, 0.5) is 0 Å². The predicted molar refractivity (Wildman–Crippen MR) is 46.9 cm³/mol. The van der Waals surface area contributed by atoms with Crippen molar-refractivity contribution in [3.8, 4) is 0 Å². The van der Waals surface area contributed by atoms with Gasteiger partial charge in [0.05, 0.1) is 6.61 Å². The molecule has 1 saturated heterocycles. The second-order valence-corrected chi connectivity index (χ2v) is 4.93. The lowest BCUT2D eigenvalue weighted by Crippen LogP contribution is -2.41. The second kappa shape index (κ2) is 4.29. The van der Waals surface area contributed by atoms with E-state index in [9.17, 15) is 18.6 Å². The number of primary sulfonamides is 1. The van der Waals surface area contributed by atoms with E-state index in [0.717, 1.165) is 0 Å². The van der Waals surface area contributed by atoms with Gasteiger partial charge in [0, 0.05) is 0 Å². The fraction of sp³-hybridized carbons (Fsp3) is 1.00. The van der Waals surface area contributed by atoms with Crippen LogP contribution in [0.25, 0.3) is 0 Å². The first-order valence-corrected chi connectivity index (χ1v) is 5.72. The van der Waals surface area contributed by atoms with Gasteiger partial charge in [0.1, 0.15) is 24.4 Å². The summed E-state index contributed by atoms with van der Waals surface area (Å²) >= 11 is 0. The summed E-state index contributed by atoms with van der Waals surface area (Å²) in [4.78, 5) is 0. The summed E-state index contributed by atoms with van der Waals surface area (Å²) in [6, 6.07) is 0. The molecule has 0 spiro atoms. The standard InChI is InChI=1S/C6H13NO7S/c7-15(12,13)6-4(11)3(10)5(14-6)2(9)1-8/h2-6,8-11H,1H2,(H2,7,12,13)/t2-,3-,4-,5+,6+/m1/s1. The molecule has 1 aliphatic rings. The van der Waals surface area contributed by atoms with Crippen molar-refractivity contribution in [2.24, 2.45) is 5.14 Å². The number of ether oxygens (including phenoxy) is 1. The third-order valence-corrected chi connectivity index (χ3v) is 3.18. The van der Waals surface area contributed by atoms with Gasteiger partial charge in [0.2, 0.25) is 15.5 Å². The van der Waals surface area contributed by atoms with Crippen LogP contribution in [0.2, 0.25) is 0 Å². The normalized spacial score (nSPS) is 39.3. The van der Waals surface area contributed by atoms with Crippen molar-refractivity contribution in [2.75, 3.05) is 6.61 Å². The minimum Gasteiger partial charge on any atom is -0.394 e. The highest BCUT2D eigenvalue weighted by Gasteiger charge is 2.50. The van der Waals surface area contributed by atoms with Crippen LogP contribution in [0.5, 0.6) is 0 Å². The van der Waals surface area contributed by atoms with Crippen LogP contribution in [0.15, 0.2) is 0 Å². The first-order valence-electron chi connectivity index (χ1n) is 4.11. The Morgan fingerprint density at radius 2 is 1.87 bits per heavy atom. The average molecular weight is 243 g/mol. The molecule has 1 rings (SSSR count). The lowest BCUT2D eigenvalue weighted by Gasteiger charge is -2.18. The summed E-state index contributed by atoms with van der Waals surface area (Å²) in [6.07, 6.45) is -6.23. The molecule has 90 valence electrons. The molecule has 0 amide bonds. The summed E-state index contributed by atoms with van der Waals surface area (Å²) in [7, 11) is -4.18. The maximum Gasteiger partial charge on any atom is 0.239 e. The monoisotopic (exact) mass is 243 g/mol. The van der Waals surface area contributed by atoms with Gasteiger partial charge in [-0.25, -0.2) is 13.6 Å². The third kappa shape index (κ3) is 2.45. The Bertz CT molecular complexity index is 317. The van der Waals surface area contributed by atoms with E-state index < -0.39 is 46.5 Å². The van der Waals surface area contributed by atoms with Crippen molar-refractivity contribution in [1.29, 1.82) is 0 Å². The Labute approximate surface area is 85.9 Å². The fourth-order valence-electron chi connectivity index (χ4n) is 1.37. The maximum atomic E-state index is 10.9. The molecule has 1 aliphatic heterocycles. The largest absolute Gasteiger partial charge is 0.394 e. The van der Waals surface area contributed by atoms with Gasteiger partial charge in [-0.1, -0.05) is 0 Å². The third-order valence-electron chi connectivity index (χ3n) is 2.15. The van der Waals surface area contributed by atoms with Crippen LogP contribution >= 0.6 is 0 Å². The Morgan fingerprint density at radius 1 is 1.33 bits per heavy atom. The molecule has 0 bridgehead atoms. The minimum atomic E-state index is -4.18. The topological polar surface area (TPSA) is 150 Å². The minimum absolute atomic E-state index is 0.730. The number of rotatable bonds is 3. The van der Waals surface area contributed by atoms with E-state index >= 15 is 0 Å². The SMILES string of the molecule is NS(=O)(=O)[C@@H]1O[C@@H]([C@H](O)CO)[C@H](O)[C@H]1O. The Hall–Kier alpha value is -0.290. The predicted octanol–water partition coefficient (Wildman–Crippen LogP) is -3.93. The van der Waals surface area contributed by atoms with Crippen molar-refractivity contribution in [1.82, 2.24) is 0 Å². The molecule has 0 aliphatic carbocycles. The van der Waals surface area contributed by atoms with Gasteiger partial charge in [0.25, 0.3) is 0 Å². The molecule has 0 aromatic carbocycles. The summed E-state index contributed by atoms with van der Waals surface area (Å²) in [5.41, 5.74) is -1.79. The van der Waals surface area contributed by atoms with Gasteiger partial charge in [-0.15, -0.1) is 0 Å². The van der Waals surface area contributed by atoms with Crippen molar-refractivity contribution in [3.63, 3.8) is 0 Å². The van der Waals surface area contributed by atoms with E-state index in [1.54, 1.807) is 0 Å². The molecule has 8 nitrogen and oxygen atoms in total. The van der Waals surface area contributed by atoms with Gasteiger partial charge in [-0.3, -0.25) is 0 Å². The molecule has 0 aromatic rings. The molecular weight excluding hydrogens is 230 g/mol. The van der Waals surface area contributed by atoms with Crippen LogP contribution in [0.3, 0.4) is 0 Å². The van der Waals surface area contributed by atoms with Gasteiger partial charge in [-0.05, 0) is 0 Å². The number of sulfonamides is 1. The Morgan fingerprint density at radius 3 is 2.20 bits per heavy atom. The van der Waals surface area contributed by atoms with Crippen LogP contribution in [0.1, 0.15) is 0 Å². The van der Waals surface area contributed by atoms with Crippen LogP contribution in [0, 0.1) is 0 Å². The van der Waals surface area contributed by atoms with E-state index in [-0.39, 0.29) is 0 Å². The van der Waals surface area contributed by atoms with Crippen molar-refractivity contribution < 1.29 is 33.6 Å². The first kappa shape index (κ1) is 12.8. The van der Waals surface area contributed by atoms with E-state index in [4.69, 9.17) is 15.4 Å². The highest BCUT2D eigenvalue weighted by molar-refractivity contribution is 7.89. The van der Waals surface area contributed by atoms with Gasteiger partial charge in [-0.2, -0.15) is 0 Å². The van der Waals surface area contributed by atoms with Crippen LogP contribution < -0.4 is 5.14 Å². The zero-order valence-corrected chi connectivity index (χ0v) is 8.41. The van der Waals surface area contributed by atoms with Gasteiger partial charge in [0.15, 0.2) is 0 Å². The molecule has 15 heavy (non-hydrogen) atoms. The molecule has 5 atom stereocenters. The number of hydrogen-bond donors (Lipinski definition) is 5. The van der Waals surface area contributed by atoms with E-state index in [1.165, 1.54) is 0 Å². The summed E-state index contributed by atoms with van der Waals surface area (Å²) in [6.45, 7) is -0.730. The first-order chi connectivity index (χ1) is 6.79. The molecular formula is C6H13NO7S. The Balaban J connectivity index is 2.85. The van der Waals surface area contributed by atoms with E-state index in [1.807, 2.05) is 0 Å². The lowest BCUT2D eigenvalue weighted by atomic mass is 10.1. The number of aliphatic hydroxyl groups is 4. The molecule has 9 heteroatoms. The molecule has 0 saturated carbocycles. The van der Waals surface area contributed by atoms with E-state index in [0.29, 0.717) is 0 Å². The molecule has 0 aromatic heterocycles. The number of aliphatic hydroxyl groups excluding tert-OH is 4. The summed E-state index contributed by atoms with van der Waals surface area (Å²) < 4.78 is 26.4. The number of nitrogens with two attached hydrogens (primary N) is 1. The molecule has 0 radical (unpaired) electrons. The van der Waals surface area contributed by atoms with Crippen LogP contribution in [-0.4, -0.2) is 65.3 Å². The van der Waals surface area contributed by atoms with Gasteiger partial charge < -0.3 is 25.2 Å². The molecule has 1 heterocycles. The van der Waals surface area contributed by atoms with Crippen molar-refractivity contribution >= 4 is 10.0 Å². The van der Waals surface area contributed by atoms with Gasteiger partial charge >= 0.3 is 0 Å². The number of hydrogen-bond acceptors (Lipinski definition) is 7. The van der Waals surface area contributed by atoms with Crippen molar-refractivity contribution in [2.45, 2.75) is 29.9 Å². The summed E-state index contributed by atoms with van der Waals surface area (Å²) in [5, 5.41) is 41.1. The van der Waals surface area contributed by atoms with Crippen molar-refractivity contribution in [3.05, 3.63) is 0 Å². The second-order valence-electron chi connectivity index (χ2n) is 3.29. The van der Waals surface area contributed by atoms with Crippen LogP contribution in [-0.2, 0) is 14.8 Å². The zero-order chi connectivity index (χ0) is 11.8. The molecule has 0 unspecified atom stereocenters. The Kier molecular flexibility index (Phi) is 3.66. The highest BCUT2D eigenvalue weighted by Crippen LogP contribution is 2.25. The zero-order valence-electron chi connectivity index (χ0n) is 7.59. The average Bonchev–Trinajstić information content (AvgIpc) is 2.42.